The fourth-order valence-electron chi connectivity index (χ4n) is 9.94. The first-order valence-electron chi connectivity index (χ1n) is 26.9. The van der Waals surface area contributed by atoms with Crippen LogP contribution in [-0.2, 0) is 32.9 Å². The first kappa shape index (κ1) is 60.2. The molecule has 2 heterocycles. The van der Waals surface area contributed by atoms with Gasteiger partial charge in [-0.1, -0.05) is 121 Å². The number of halogens is 2. The molecule has 0 aliphatic heterocycles. The molecule has 428 valence electrons. The second-order valence-electron chi connectivity index (χ2n) is 19.5. The van der Waals surface area contributed by atoms with Gasteiger partial charge in [0.25, 0.3) is 5.91 Å². The number of amides is 1. The van der Waals surface area contributed by atoms with Crippen LogP contribution in [0, 0.1) is 11.6 Å². The smallest absolute Gasteiger partial charge is 0.340 e. The van der Waals surface area contributed by atoms with Gasteiger partial charge in [-0.05, 0) is 128 Å². The number of nitrogens with two attached hydrogens (primary N) is 1. The van der Waals surface area contributed by atoms with Gasteiger partial charge in [0.05, 0.1) is 29.4 Å². The summed E-state index contributed by atoms with van der Waals surface area (Å²) in [6, 6.07) is 56.6. The van der Waals surface area contributed by atoms with Gasteiger partial charge in [0.15, 0.2) is 0 Å². The topological polar surface area (TPSA) is 193 Å². The number of furan rings is 2. The minimum atomic E-state index is -3.71. The Balaban J connectivity index is 0.000000211. The van der Waals surface area contributed by atoms with Crippen molar-refractivity contribution in [3.8, 4) is 44.9 Å². The zero-order chi connectivity index (χ0) is 59.3. The molecular formula is C66H64F2N4O9S2. The van der Waals surface area contributed by atoms with Crippen molar-refractivity contribution in [1.82, 2.24) is 5.32 Å². The summed E-state index contributed by atoms with van der Waals surface area (Å²) in [7, 11) is -4.35. The highest BCUT2D eigenvalue weighted by Gasteiger charge is 2.29. The molecule has 8 aromatic carbocycles. The van der Waals surface area contributed by atoms with Crippen molar-refractivity contribution in [3.05, 3.63) is 228 Å². The van der Waals surface area contributed by atoms with Gasteiger partial charge in [-0.15, -0.1) is 0 Å². The Labute approximate surface area is 482 Å². The van der Waals surface area contributed by atoms with E-state index in [1.165, 1.54) is 76.5 Å². The van der Waals surface area contributed by atoms with Crippen molar-refractivity contribution in [2.75, 3.05) is 48.3 Å². The van der Waals surface area contributed by atoms with Crippen molar-refractivity contribution in [2.24, 2.45) is 5.73 Å². The maximum Gasteiger partial charge on any atom is 0.340 e. The Bertz CT molecular complexity index is 4050. The summed E-state index contributed by atoms with van der Waals surface area (Å²) in [5, 5.41) is 13.7. The number of fused-ring (bicyclic) bond motifs is 2. The average Bonchev–Trinajstić information content (AvgIpc) is 3.72. The summed E-state index contributed by atoms with van der Waals surface area (Å²) in [5.74, 6) is -2.07. The minimum absolute atomic E-state index is 0.0703. The molecular weight excluding hydrogens is 1090 g/mol. The molecule has 0 fully saturated rings. The molecule has 4 N–H and O–H groups in total. The van der Waals surface area contributed by atoms with E-state index in [-0.39, 0.29) is 41.7 Å². The highest BCUT2D eigenvalue weighted by molar-refractivity contribution is 7.92. The lowest BCUT2D eigenvalue weighted by molar-refractivity contribution is 0.0698. The number of hydrogen-bond donors (Lipinski definition) is 3. The summed E-state index contributed by atoms with van der Waals surface area (Å²) < 4.78 is 94.9. The summed E-state index contributed by atoms with van der Waals surface area (Å²) in [4.78, 5) is 25.5. The molecule has 0 aliphatic rings. The fourth-order valence-corrected chi connectivity index (χ4v) is 11.9. The zero-order valence-corrected chi connectivity index (χ0v) is 48.0. The van der Waals surface area contributed by atoms with Gasteiger partial charge in [0.1, 0.15) is 39.9 Å². The summed E-state index contributed by atoms with van der Waals surface area (Å²) in [6.07, 6.45) is 6.90. The molecule has 0 atom stereocenters. The quantitative estimate of drug-likeness (QED) is 0.0618. The second-order valence-corrected chi connectivity index (χ2v) is 23.3. The number of nitrogens with one attached hydrogen (secondary N) is 1. The largest absolute Gasteiger partial charge is 0.478 e. The zero-order valence-electron chi connectivity index (χ0n) is 46.4. The second kappa shape index (κ2) is 27.2. The summed E-state index contributed by atoms with van der Waals surface area (Å²) in [5.41, 5.74) is 12.3. The molecule has 0 saturated heterocycles. The third-order valence-corrected chi connectivity index (χ3v) is 16.2. The van der Waals surface area contributed by atoms with E-state index in [9.17, 15) is 40.3 Å². The molecule has 0 bridgehead atoms. The number of carboxylic acids is 1. The summed E-state index contributed by atoms with van der Waals surface area (Å²) in [6.45, 7) is 0.527. The lowest BCUT2D eigenvalue weighted by atomic mass is 9.98. The normalized spacial score (nSPS) is 11.3. The molecule has 0 radical (unpaired) electrons. The average molecular weight is 1160 g/mol. The van der Waals surface area contributed by atoms with Crippen molar-refractivity contribution < 1.29 is 49.1 Å². The van der Waals surface area contributed by atoms with Gasteiger partial charge >= 0.3 is 5.97 Å². The Kier molecular flexibility index (Phi) is 19.8. The molecule has 0 aliphatic carbocycles. The third-order valence-electron chi connectivity index (χ3n) is 13.8. The fraction of sp³-hybridized carbons (Fsp3) is 0.182. The first-order chi connectivity index (χ1) is 40.0. The highest BCUT2D eigenvalue weighted by Crippen LogP contribution is 2.44. The van der Waals surface area contributed by atoms with E-state index >= 15 is 0 Å². The van der Waals surface area contributed by atoms with Crippen LogP contribution in [-0.4, -0.2) is 73.5 Å². The van der Waals surface area contributed by atoms with E-state index in [1.54, 1.807) is 30.3 Å². The van der Waals surface area contributed by atoms with Crippen LogP contribution in [0.4, 0.5) is 20.2 Å². The lowest BCUT2D eigenvalue weighted by Gasteiger charge is -2.25. The SMILES string of the molecule is CN.CNC(=O)c1c(-c2ccc(F)cc2)oc2cc(N(CCCCc3ccccc3)S(C)(=O)=O)c(-c3ccccc3)cc12.CS(=O)(=O)N(CCCCc1ccccc1)c1cc2oc(-c3ccc(F)cc3)c(C(=O)O)c2cc1-c1ccccc1. The molecule has 10 aromatic rings. The Morgan fingerprint density at radius 3 is 1.19 bits per heavy atom. The number of aromatic carboxylic acids is 1. The van der Waals surface area contributed by atoms with Gasteiger partial charge in [-0.2, -0.15) is 0 Å². The number of carboxylic acid groups (broad SMARTS) is 1. The molecule has 83 heavy (non-hydrogen) atoms. The van der Waals surface area contributed by atoms with Gasteiger partial charge in [-0.25, -0.2) is 30.4 Å². The number of carbonyl (C=O) groups excluding carboxylic acids is 1. The van der Waals surface area contributed by atoms with Crippen molar-refractivity contribution in [1.29, 1.82) is 0 Å². The predicted molar refractivity (Wildman–Crippen MR) is 328 cm³/mol. The number of nitrogens with zero attached hydrogens (tertiary/aromatic N) is 2. The molecule has 0 saturated carbocycles. The monoisotopic (exact) mass is 1160 g/mol. The van der Waals surface area contributed by atoms with Crippen LogP contribution < -0.4 is 19.7 Å². The van der Waals surface area contributed by atoms with Crippen LogP contribution >= 0.6 is 0 Å². The summed E-state index contributed by atoms with van der Waals surface area (Å²) >= 11 is 0. The number of unbranched alkanes of at least 4 members (excludes halogenated alkanes) is 2. The van der Waals surface area contributed by atoms with E-state index in [1.807, 2.05) is 115 Å². The molecule has 13 nitrogen and oxygen atoms in total. The van der Waals surface area contributed by atoms with Gasteiger partial charge < -0.3 is 25.0 Å². The number of sulfonamides is 2. The van der Waals surface area contributed by atoms with E-state index in [0.717, 1.165) is 43.1 Å². The van der Waals surface area contributed by atoms with Crippen LogP contribution in [0.15, 0.2) is 203 Å². The Hall–Kier alpha value is -8.90. The van der Waals surface area contributed by atoms with Crippen LogP contribution in [0.5, 0.6) is 0 Å². The molecule has 2 aromatic heterocycles. The molecule has 17 heteroatoms. The van der Waals surface area contributed by atoms with Crippen LogP contribution in [0.1, 0.15) is 57.5 Å². The molecule has 1 amide bonds. The van der Waals surface area contributed by atoms with E-state index in [2.05, 4.69) is 23.2 Å². The van der Waals surface area contributed by atoms with E-state index < -0.39 is 37.7 Å². The minimum Gasteiger partial charge on any atom is -0.478 e. The first-order valence-corrected chi connectivity index (χ1v) is 30.6. The van der Waals surface area contributed by atoms with Gasteiger partial charge in [0, 0.05) is 65.3 Å². The third kappa shape index (κ3) is 14.6. The molecule has 0 spiro atoms. The van der Waals surface area contributed by atoms with Crippen LogP contribution in [0.25, 0.3) is 66.8 Å². The Morgan fingerprint density at radius 1 is 0.494 bits per heavy atom. The maximum absolute atomic E-state index is 13.7. The standard InChI is InChI=1S/C33H31FN2O4S.C32H28FNO5S.CH5N/c1-35-33(37)31-28-21-27(24-14-7-4-8-15-24)29(22-30(28)40-32(31)25-16-18-26(34)19-17-25)36(41(2,38)39)20-10-9-13-23-11-5-3-6-12-23;1-40(37,38)34(19-9-8-12-22-10-4-2-5-11-22)28-21-29-27(20-26(28)23-13-6-3-7-14-23)30(32(35)36)31(39-29)24-15-17-25(33)18-16-24;1-2/h3-8,11-12,14-19,21-22H,9-10,13,20H2,1-2H3,(H,35,37);2-7,10-11,13-18,20-21H,8-9,12,19H2,1H3,(H,35,36);2H2,1H3. The maximum atomic E-state index is 13.7. The molecule has 10 rings (SSSR count). The number of anilines is 2. The van der Waals surface area contributed by atoms with E-state index in [0.29, 0.717) is 68.4 Å². The number of rotatable bonds is 20. The van der Waals surface area contributed by atoms with Crippen molar-refractivity contribution >= 4 is 65.2 Å². The number of carbonyl (C=O) groups is 2. The number of hydrogen-bond acceptors (Lipinski definition) is 9. The van der Waals surface area contributed by atoms with Crippen molar-refractivity contribution in [2.45, 2.75) is 38.5 Å². The highest BCUT2D eigenvalue weighted by atomic mass is 32.2. The number of aryl methyl sites for hydroxylation is 2. The van der Waals surface area contributed by atoms with Crippen LogP contribution in [0.2, 0.25) is 0 Å². The van der Waals surface area contributed by atoms with E-state index in [4.69, 9.17) is 8.83 Å². The Morgan fingerprint density at radius 2 is 0.843 bits per heavy atom. The van der Waals surface area contributed by atoms with Gasteiger partial charge in [-0.3, -0.25) is 13.4 Å². The predicted octanol–water partition coefficient (Wildman–Crippen LogP) is 14.0. The van der Waals surface area contributed by atoms with Gasteiger partial charge in [0.2, 0.25) is 20.0 Å². The van der Waals surface area contributed by atoms with Crippen molar-refractivity contribution in [3.63, 3.8) is 0 Å². The van der Waals surface area contributed by atoms with Crippen LogP contribution in [0.3, 0.4) is 0 Å². The lowest BCUT2D eigenvalue weighted by Crippen LogP contribution is -2.31. The molecule has 0 unspecified atom stereocenters. The number of benzene rings is 8.